The second-order valence-electron chi connectivity index (χ2n) is 4.75. The van der Waals surface area contributed by atoms with E-state index in [1.165, 1.54) is 0 Å². The van der Waals surface area contributed by atoms with Gasteiger partial charge in [-0.15, -0.1) is 0 Å². The summed E-state index contributed by atoms with van der Waals surface area (Å²) < 4.78 is 16.2. The van der Waals surface area contributed by atoms with Crippen LogP contribution in [0.4, 0.5) is 5.69 Å². The number of ether oxygens (including phenoxy) is 3. The molecule has 0 saturated heterocycles. The van der Waals surface area contributed by atoms with Gasteiger partial charge in [-0.05, 0) is 19.1 Å². The van der Waals surface area contributed by atoms with Gasteiger partial charge >= 0.3 is 5.97 Å². The number of carbonyl (C=O) groups is 1. The van der Waals surface area contributed by atoms with Crippen molar-refractivity contribution in [3.05, 3.63) is 18.2 Å². The van der Waals surface area contributed by atoms with Crippen molar-refractivity contribution >= 4 is 11.7 Å². The third-order valence-corrected chi connectivity index (χ3v) is 3.05. The zero-order valence-electron chi connectivity index (χ0n) is 12.0. The molecule has 1 unspecified atom stereocenters. The second-order valence-corrected chi connectivity index (χ2v) is 4.75. The molecule has 2 rings (SSSR count). The van der Waals surface area contributed by atoms with E-state index in [1.54, 1.807) is 0 Å². The molecule has 110 valence electrons. The van der Waals surface area contributed by atoms with E-state index in [0.717, 1.165) is 23.6 Å². The molecule has 5 heteroatoms. The molecule has 20 heavy (non-hydrogen) atoms. The van der Waals surface area contributed by atoms with Crippen molar-refractivity contribution in [3.63, 3.8) is 0 Å². The summed E-state index contributed by atoms with van der Waals surface area (Å²) in [6.45, 7) is 5.93. The lowest BCUT2D eigenvalue weighted by Gasteiger charge is -2.14. The standard InChI is InChI=1S/C15H21NO4/c1-3-18-15(17)11(2)10-16-12-5-6-13-14(9-12)20-8-4-7-19-13/h5-6,9,11,16H,3-4,7-8,10H2,1-2H3. The Hall–Kier alpha value is -1.91. The molecule has 0 saturated carbocycles. The van der Waals surface area contributed by atoms with Crippen LogP contribution < -0.4 is 14.8 Å². The van der Waals surface area contributed by atoms with Crippen LogP contribution in [-0.2, 0) is 9.53 Å². The molecule has 0 aliphatic carbocycles. The van der Waals surface area contributed by atoms with E-state index in [0.29, 0.717) is 26.4 Å². The number of hydrogen-bond acceptors (Lipinski definition) is 5. The fourth-order valence-electron chi connectivity index (χ4n) is 1.91. The molecular formula is C15H21NO4. The molecule has 0 radical (unpaired) electrons. The molecule has 5 nitrogen and oxygen atoms in total. The number of rotatable bonds is 5. The molecule has 0 bridgehead atoms. The van der Waals surface area contributed by atoms with E-state index in [2.05, 4.69) is 5.32 Å². The van der Waals surface area contributed by atoms with Crippen LogP contribution in [0.1, 0.15) is 20.3 Å². The highest BCUT2D eigenvalue weighted by Crippen LogP contribution is 2.32. The number of anilines is 1. The Morgan fingerprint density at radius 3 is 2.85 bits per heavy atom. The van der Waals surface area contributed by atoms with Crippen LogP contribution >= 0.6 is 0 Å². The molecule has 1 N–H and O–H groups in total. The van der Waals surface area contributed by atoms with Crippen LogP contribution in [0, 0.1) is 5.92 Å². The van der Waals surface area contributed by atoms with Crippen molar-refractivity contribution in [2.75, 3.05) is 31.7 Å². The number of nitrogens with one attached hydrogen (secondary N) is 1. The van der Waals surface area contributed by atoms with Crippen LogP contribution in [0.25, 0.3) is 0 Å². The number of carbonyl (C=O) groups excluding carboxylic acids is 1. The Balaban J connectivity index is 1.93. The first kappa shape index (κ1) is 14.5. The van der Waals surface area contributed by atoms with E-state index in [1.807, 2.05) is 32.0 Å². The molecule has 1 heterocycles. The highest BCUT2D eigenvalue weighted by molar-refractivity contribution is 5.72. The minimum Gasteiger partial charge on any atom is -0.490 e. The third-order valence-electron chi connectivity index (χ3n) is 3.05. The van der Waals surface area contributed by atoms with E-state index >= 15 is 0 Å². The first-order valence-electron chi connectivity index (χ1n) is 7.01. The number of hydrogen-bond donors (Lipinski definition) is 1. The lowest BCUT2D eigenvalue weighted by atomic mass is 10.2. The molecule has 0 amide bonds. The summed E-state index contributed by atoms with van der Waals surface area (Å²) in [5.41, 5.74) is 0.908. The quantitative estimate of drug-likeness (QED) is 0.839. The Labute approximate surface area is 119 Å². The lowest BCUT2D eigenvalue weighted by Crippen LogP contribution is -2.22. The first-order chi connectivity index (χ1) is 9.70. The average molecular weight is 279 g/mol. The molecule has 1 aromatic rings. The Kier molecular flexibility index (Phi) is 5.09. The zero-order chi connectivity index (χ0) is 14.4. The van der Waals surface area contributed by atoms with Crippen LogP contribution in [-0.4, -0.2) is 32.3 Å². The summed E-state index contributed by atoms with van der Waals surface area (Å²) in [5, 5.41) is 3.22. The monoisotopic (exact) mass is 279 g/mol. The molecular weight excluding hydrogens is 258 g/mol. The lowest BCUT2D eigenvalue weighted by molar-refractivity contribution is -0.146. The van der Waals surface area contributed by atoms with Gasteiger partial charge in [0.2, 0.25) is 0 Å². The maximum absolute atomic E-state index is 11.5. The Morgan fingerprint density at radius 2 is 2.10 bits per heavy atom. The predicted octanol–water partition coefficient (Wildman–Crippen LogP) is 2.46. The summed E-state index contributed by atoms with van der Waals surface area (Å²) >= 11 is 0. The minimum atomic E-state index is -0.189. The molecule has 1 atom stereocenters. The van der Waals surface area contributed by atoms with Gasteiger partial charge in [-0.2, -0.15) is 0 Å². The predicted molar refractivity (Wildman–Crippen MR) is 76.3 cm³/mol. The van der Waals surface area contributed by atoms with Gasteiger partial charge in [0.05, 0.1) is 25.7 Å². The van der Waals surface area contributed by atoms with Crippen molar-refractivity contribution in [2.45, 2.75) is 20.3 Å². The Morgan fingerprint density at radius 1 is 1.35 bits per heavy atom. The number of benzene rings is 1. The number of esters is 1. The maximum atomic E-state index is 11.5. The van der Waals surface area contributed by atoms with Crippen LogP contribution in [0.15, 0.2) is 18.2 Å². The minimum absolute atomic E-state index is 0.186. The van der Waals surface area contributed by atoms with Crippen LogP contribution in [0.2, 0.25) is 0 Å². The largest absolute Gasteiger partial charge is 0.490 e. The van der Waals surface area contributed by atoms with Crippen molar-refractivity contribution in [3.8, 4) is 11.5 Å². The Bertz CT molecular complexity index is 461. The summed E-state index contributed by atoms with van der Waals surface area (Å²) in [6, 6.07) is 5.71. The molecule has 0 spiro atoms. The van der Waals surface area contributed by atoms with Gasteiger partial charge in [-0.1, -0.05) is 6.92 Å². The zero-order valence-corrected chi connectivity index (χ0v) is 12.0. The topological polar surface area (TPSA) is 56.8 Å². The third kappa shape index (κ3) is 3.79. The van der Waals surface area contributed by atoms with Gasteiger partial charge < -0.3 is 19.5 Å². The summed E-state index contributed by atoms with van der Waals surface area (Å²) in [4.78, 5) is 11.5. The van der Waals surface area contributed by atoms with Gasteiger partial charge in [0.1, 0.15) is 0 Å². The van der Waals surface area contributed by atoms with Crippen molar-refractivity contribution < 1.29 is 19.0 Å². The molecule has 0 fully saturated rings. The van der Waals surface area contributed by atoms with E-state index in [4.69, 9.17) is 14.2 Å². The van der Waals surface area contributed by atoms with Crippen molar-refractivity contribution in [2.24, 2.45) is 5.92 Å². The second kappa shape index (κ2) is 7.03. The summed E-state index contributed by atoms with van der Waals surface area (Å²) in [6.07, 6.45) is 0.886. The van der Waals surface area contributed by atoms with E-state index in [-0.39, 0.29) is 11.9 Å². The molecule has 1 aromatic carbocycles. The molecule has 1 aliphatic rings. The average Bonchev–Trinajstić information content (AvgIpc) is 2.69. The van der Waals surface area contributed by atoms with Crippen LogP contribution in [0.3, 0.4) is 0 Å². The molecule has 0 aromatic heterocycles. The van der Waals surface area contributed by atoms with Gasteiger partial charge in [0.15, 0.2) is 11.5 Å². The normalized spacial score (nSPS) is 15.1. The summed E-state index contributed by atoms with van der Waals surface area (Å²) in [5.74, 6) is 1.14. The van der Waals surface area contributed by atoms with Crippen molar-refractivity contribution in [1.82, 2.24) is 0 Å². The fraction of sp³-hybridized carbons (Fsp3) is 0.533. The van der Waals surface area contributed by atoms with Gasteiger partial charge in [0, 0.05) is 24.7 Å². The first-order valence-corrected chi connectivity index (χ1v) is 7.01. The highest BCUT2D eigenvalue weighted by atomic mass is 16.5. The maximum Gasteiger partial charge on any atom is 0.310 e. The van der Waals surface area contributed by atoms with E-state index < -0.39 is 0 Å². The fourth-order valence-corrected chi connectivity index (χ4v) is 1.91. The summed E-state index contributed by atoms with van der Waals surface area (Å²) in [7, 11) is 0. The molecule has 1 aliphatic heterocycles. The van der Waals surface area contributed by atoms with Crippen LogP contribution in [0.5, 0.6) is 11.5 Å². The highest BCUT2D eigenvalue weighted by Gasteiger charge is 2.15. The van der Waals surface area contributed by atoms with Gasteiger partial charge in [0.25, 0.3) is 0 Å². The SMILES string of the molecule is CCOC(=O)C(C)CNc1ccc2c(c1)OCCCO2. The van der Waals surface area contributed by atoms with Crippen molar-refractivity contribution in [1.29, 1.82) is 0 Å². The van der Waals surface area contributed by atoms with Gasteiger partial charge in [-0.3, -0.25) is 4.79 Å². The number of fused-ring (bicyclic) bond motifs is 1. The van der Waals surface area contributed by atoms with Gasteiger partial charge in [-0.25, -0.2) is 0 Å². The smallest absolute Gasteiger partial charge is 0.310 e. The van der Waals surface area contributed by atoms with E-state index in [9.17, 15) is 4.79 Å².